The van der Waals surface area contributed by atoms with Crippen LogP contribution in [0.4, 0.5) is 0 Å². The van der Waals surface area contributed by atoms with Gasteiger partial charge in [-0.25, -0.2) is 4.98 Å². The second kappa shape index (κ2) is 8.00. The molecule has 2 saturated heterocycles. The number of carbonyl (C=O) groups is 1. The maximum absolute atomic E-state index is 12.5. The summed E-state index contributed by atoms with van der Waals surface area (Å²) in [5.41, 5.74) is 0.348. The molecule has 0 N–H and O–H groups in total. The summed E-state index contributed by atoms with van der Waals surface area (Å²) in [4.78, 5) is 21.2. The summed E-state index contributed by atoms with van der Waals surface area (Å²) in [7, 11) is 1.62. The Hall–Kier alpha value is -2.54. The highest BCUT2D eigenvalue weighted by Crippen LogP contribution is 2.22. The number of amides is 1. The second-order valence-corrected chi connectivity index (χ2v) is 7.05. The monoisotopic (exact) mass is 371 g/mol. The minimum Gasteiger partial charge on any atom is -0.497 e. The number of carbonyl (C=O) groups excluding carboxylic acids is 1. The van der Waals surface area contributed by atoms with Crippen molar-refractivity contribution in [1.29, 1.82) is 0 Å². The van der Waals surface area contributed by atoms with Crippen LogP contribution < -0.4 is 9.47 Å². The highest BCUT2D eigenvalue weighted by atomic mass is 16.5. The van der Waals surface area contributed by atoms with Crippen molar-refractivity contribution in [2.24, 2.45) is 0 Å². The fourth-order valence-corrected chi connectivity index (χ4v) is 3.59. The van der Waals surface area contributed by atoms with Crippen molar-refractivity contribution in [3.05, 3.63) is 42.1 Å². The van der Waals surface area contributed by atoms with E-state index in [9.17, 15) is 4.79 Å². The molecule has 0 bridgehead atoms. The van der Waals surface area contributed by atoms with E-state index in [0.29, 0.717) is 23.4 Å². The van der Waals surface area contributed by atoms with E-state index in [2.05, 4.69) is 9.88 Å². The van der Waals surface area contributed by atoms with Gasteiger partial charge in [-0.1, -0.05) is 6.42 Å². The number of aromatic nitrogens is 1. The zero-order chi connectivity index (χ0) is 18.6. The molecule has 2 aliphatic rings. The molecular weight excluding hydrogens is 346 g/mol. The zero-order valence-corrected chi connectivity index (χ0v) is 15.6. The third kappa shape index (κ3) is 4.08. The molecule has 3 heterocycles. The molecule has 144 valence electrons. The molecule has 1 amide bonds. The molecule has 7 heteroatoms. The van der Waals surface area contributed by atoms with Crippen molar-refractivity contribution < 1.29 is 18.7 Å². The van der Waals surface area contributed by atoms with Gasteiger partial charge < -0.3 is 18.8 Å². The van der Waals surface area contributed by atoms with Crippen LogP contribution in [0, 0.1) is 0 Å². The minimum atomic E-state index is -0.0669. The number of likely N-dealkylation sites (tertiary alicyclic amines) is 2. The van der Waals surface area contributed by atoms with E-state index in [4.69, 9.17) is 13.9 Å². The van der Waals surface area contributed by atoms with Crippen LogP contribution in [0.2, 0.25) is 0 Å². The molecule has 0 atom stereocenters. The van der Waals surface area contributed by atoms with Gasteiger partial charge in [0.2, 0.25) is 5.89 Å². The van der Waals surface area contributed by atoms with E-state index < -0.39 is 0 Å². The van der Waals surface area contributed by atoms with Crippen molar-refractivity contribution in [3.8, 4) is 11.5 Å². The second-order valence-electron chi connectivity index (χ2n) is 7.05. The molecule has 0 spiro atoms. The molecule has 1 aromatic heterocycles. The van der Waals surface area contributed by atoms with Gasteiger partial charge in [0.15, 0.2) is 12.3 Å². The van der Waals surface area contributed by atoms with Gasteiger partial charge >= 0.3 is 0 Å². The Labute approximate surface area is 158 Å². The number of hydrogen-bond donors (Lipinski definition) is 0. The Morgan fingerprint density at radius 1 is 1.15 bits per heavy atom. The lowest BCUT2D eigenvalue weighted by atomic mass is 10.0. The quantitative estimate of drug-likeness (QED) is 0.777. The van der Waals surface area contributed by atoms with Crippen molar-refractivity contribution >= 4 is 5.91 Å². The first kappa shape index (κ1) is 17.9. The first-order chi connectivity index (χ1) is 13.2. The number of nitrogens with zero attached hydrogens (tertiary/aromatic N) is 3. The molecule has 0 unspecified atom stereocenters. The van der Waals surface area contributed by atoms with E-state index >= 15 is 0 Å². The highest BCUT2D eigenvalue weighted by Gasteiger charge is 2.36. The van der Waals surface area contributed by atoms with Crippen molar-refractivity contribution in [3.63, 3.8) is 0 Å². The van der Waals surface area contributed by atoms with E-state index in [1.54, 1.807) is 7.11 Å². The first-order valence-corrected chi connectivity index (χ1v) is 9.47. The van der Waals surface area contributed by atoms with E-state index in [1.807, 2.05) is 29.2 Å². The fraction of sp³-hybridized carbons (Fsp3) is 0.500. The van der Waals surface area contributed by atoms with Gasteiger partial charge in [0.1, 0.15) is 17.8 Å². The Kier molecular flexibility index (Phi) is 5.29. The van der Waals surface area contributed by atoms with Gasteiger partial charge in [-0.2, -0.15) is 0 Å². The summed E-state index contributed by atoms with van der Waals surface area (Å²) in [6, 6.07) is 7.77. The fourth-order valence-electron chi connectivity index (χ4n) is 3.59. The van der Waals surface area contributed by atoms with E-state index in [-0.39, 0.29) is 12.5 Å². The summed E-state index contributed by atoms with van der Waals surface area (Å²) >= 11 is 0. The predicted octanol–water partition coefficient (Wildman–Crippen LogP) is 2.57. The molecule has 0 saturated carbocycles. The molecule has 1 aromatic carbocycles. The zero-order valence-electron chi connectivity index (χ0n) is 15.6. The standard InChI is InChI=1S/C20H25N3O4/c1-25-16-5-7-17(8-6-16)26-14-19-21-18(13-27-19)20(24)23-11-15(12-23)22-9-3-2-4-10-22/h5-8,13,15H,2-4,9-12,14H2,1H3. The third-order valence-corrected chi connectivity index (χ3v) is 5.25. The van der Waals surface area contributed by atoms with Crippen molar-refractivity contribution in [2.45, 2.75) is 31.9 Å². The number of oxazole rings is 1. The predicted molar refractivity (Wildman–Crippen MR) is 98.9 cm³/mol. The van der Waals surface area contributed by atoms with Crippen LogP contribution in [-0.4, -0.2) is 60.0 Å². The Bertz CT molecular complexity index is 762. The smallest absolute Gasteiger partial charge is 0.275 e. The lowest BCUT2D eigenvalue weighted by molar-refractivity contribution is 0.0199. The number of methoxy groups -OCH3 is 1. The van der Waals surface area contributed by atoms with Crippen molar-refractivity contribution in [1.82, 2.24) is 14.8 Å². The molecule has 0 radical (unpaired) electrons. The summed E-state index contributed by atoms with van der Waals surface area (Å²) in [6.45, 7) is 4.05. The van der Waals surface area contributed by atoms with Gasteiger partial charge in [-0.05, 0) is 50.2 Å². The molecule has 2 aromatic rings. The molecule has 7 nitrogen and oxygen atoms in total. The van der Waals surface area contributed by atoms with Crippen LogP contribution in [0.25, 0.3) is 0 Å². The first-order valence-electron chi connectivity index (χ1n) is 9.47. The van der Waals surface area contributed by atoms with Crippen LogP contribution >= 0.6 is 0 Å². The van der Waals surface area contributed by atoms with Gasteiger partial charge in [0.25, 0.3) is 5.91 Å². The number of benzene rings is 1. The van der Waals surface area contributed by atoms with Crippen LogP contribution in [0.1, 0.15) is 35.6 Å². The molecule has 27 heavy (non-hydrogen) atoms. The van der Waals surface area contributed by atoms with Crippen LogP contribution in [0.3, 0.4) is 0 Å². The Morgan fingerprint density at radius 3 is 2.56 bits per heavy atom. The van der Waals surface area contributed by atoms with Crippen molar-refractivity contribution in [2.75, 3.05) is 33.3 Å². The average Bonchev–Trinajstić information content (AvgIpc) is 3.15. The van der Waals surface area contributed by atoms with E-state index in [1.165, 1.54) is 25.5 Å². The molecule has 0 aliphatic carbocycles. The normalized spacial score (nSPS) is 18.2. The summed E-state index contributed by atoms with van der Waals surface area (Å²) in [5, 5.41) is 0. The minimum absolute atomic E-state index is 0.0669. The molecular formula is C20H25N3O4. The Balaban J connectivity index is 1.26. The molecule has 2 fully saturated rings. The molecule has 4 rings (SSSR count). The lowest BCUT2D eigenvalue weighted by Crippen LogP contribution is -2.61. The maximum Gasteiger partial charge on any atom is 0.275 e. The summed E-state index contributed by atoms with van der Waals surface area (Å²) in [5.74, 6) is 1.78. The lowest BCUT2D eigenvalue weighted by Gasteiger charge is -2.46. The average molecular weight is 371 g/mol. The van der Waals surface area contributed by atoms with Crippen LogP contribution in [0.15, 0.2) is 34.9 Å². The van der Waals surface area contributed by atoms with Gasteiger partial charge in [-0.3, -0.25) is 9.69 Å². The van der Waals surface area contributed by atoms with Gasteiger partial charge in [-0.15, -0.1) is 0 Å². The topological polar surface area (TPSA) is 68.0 Å². The summed E-state index contributed by atoms with van der Waals surface area (Å²) in [6.07, 6.45) is 5.28. The largest absolute Gasteiger partial charge is 0.497 e. The maximum atomic E-state index is 12.5. The van der Waals surface area contributed by atoms with Gasteiger partial charge in [0, 0.05) is 19.1 Å². The summed E-state index contributed by atoms with van der Waals surface area (Å²) < 4.78 is 16.1. The highest BCUT2D eigenvalue weighted by molar-refractivity contribution is 5.92. The Morgan fingerprint density at radius 2 is 1.85 bits per heavy atom. The molecule has 2 aliphatic heterocycles. The number of ether oxygens (including phenoxy) is 2. The number of piperidine rings is 1. The van der Waals surface area contributed by atoms with Crippen LogP contribution in [0.5, 0.6) is 11.5 Å². The SMILES string of the molecule is COc1ccc(OCc2nc(C(=O)N3CC(N4CCCCC4)C3)co2)cc1. The van der Waals surface area contributed by atoms with Crippen LogP contribution in [-0.2, 0) is 6.61 Å². The number of rotatable bonds is 6. The third-order valence-electron chi connectivity index (χ3n) is 5.25. The number of hydrogen-bond acceptors (Lipinski definition) is 6. The van der Waals surface area contributed by atoms with Gasteiger partial charge in [0.05, 0.1) is 7.11 Å². The van der Waals surface area contributed by atoms with E-state index in [0.717, 1.165) is 31.9 Å².